The van der Waals surface area contributed by atoms with Gasteiger partial charge in [-0.1, -0.05) is 172 Å². The molecule has 0 aromatic rings. The molecule has 3 atom stereocenters. The Bertz CT molecular complexity index is 1010. The Labute approximate surface area is 314 Å². The van der Waals surface area contributed by atoms with Crippen LogP contribution >= 0.6 is 0 Å². The predicted octanol–water partition coefficient (Wildman–Crippen LogP) is 11.3. The number of carbonyl (C=O) groups excluding carboxylic acids is 1. The van der Waals surface area contributed by atoms with Gasteiger partial charge in [0.2, 0.25) is 5.91 Å². The summed E-state index contributed by atoms with van der Waals surface area (Å²) in [7, 11) is -4.46. The zero-order valence-electron chi connectivity index (χ0n) is 32.8. The molecule has 0 bridgehead atoms. The van der Waals surface area contributed by atoms with Crippen molar-refractivity contribution in [3.05, 3.63) is 48.6 Å². The second kappa shape index (κ2) is 36.6. The predicted molar refractivity (Wildman–Crippen MR) is 218 cm³/mol. The average Bonchev–Trinajstić information content (AvgIpc) is 3.09. The number of unbranched alkanes of at least 4 members (excludes halogenated alkanes) is 22. The summed E-state index contributed by atoms with van der Waals surface area (Å²) in [6.07, 6.45) is 45.9. The van der Waals surface area contributed by atoms with Crippen molar-refractivity contribution in [3.63, 3.8) is 0 Å². The second-order valence-corrected chi connectivity index (χ2v) is 15.9. The Hall–Kier alpha value is -1.74. The van der Waals surface area contributed by atoms with Gasteiger partial charge in [0.25, 0.3) is 10.1 Å². The van der Waals surface area contributed by atoms with Crippen LogP contribution in [0.25, 0.3) is 0 Å². The zero-order valence-corrected chi connectivity index (χ0v) is 33.6. The number of nitrogens with one attached hydrogen (secondary N) is 1. The molecule has 3 unspecified atom stereocenters. The van der Waals surface area contributed by atoms with Crippen LogP contribution in [0.5, 0.6) is 0 Å². The van der Waals surface area contributed by atoms with E-state index in [0.717, 1.165) is 51.4 Å². The molecule has 0 fully saturated rings. The molecule has 0 aliphatic carbocycles. The molecule has 0 aromatic carbocycles. The minimum Gasteiger partial charge on any atom is -0.387 e. The van der Waals surface area contributed by atoms with Gasteiger partial charge in [-0.05, 0) is 70.6 Å². The van der Waals surface area contributed by atoms with E-state index in [0.29, 0.717) is 12.8 Å². The molecule has 0 spiro atoms. The minimum atomic E-state index is -4.46. The lowest BCUT2D eigenvalue weighted by Gasteiger charge is -2.22. The maximum atomic E-state index is 12.6. The highest BCUT2D eigenvalue weighted by Gasteiger charge is 2.27. The third-order valence-electron chi connectivity index (χ3n) is 9.31. The molecule has 1 amide bonds. The van der Waals surface area contributed by atoms with Gasteiger partial charge in [-0.2, -0.15) is 8.42 Å². The third-order valence-corrected chi connectivity index (χ3v) is 10.1. The van der Waals surface area contributed by atoms with Gasteiger partial charge in [-0.25, -0.2) is 0 Å². The number of hydrogen-bond acceptors (Lipinski definition) is 5. The van der Waals surface area contributed by atoms with E-state index >= 15 is 0 Å². The van der Waals surface area contributed by atoms with Crippen molar-refractivity contribution in [1.82, 2.24) is 5.32 Å². The zero-order chi connectivity index (χ0) is 37.7. The summed E-state index contributed by atoms with van der Waals surface area (Å²) in [4.78, 5) is 12.6. The van der Waals surface area contributed by atoms with Gasteiger partial charge >= 0.3 is 0 Å². The first-order valence-corrected chi connectivity index (χ1v) is 22.6. The number of carbonyl (C=O) groups is 1. The molecule has 4 N–H and O–H groups in total. The summed E-state index contributed by atoms with van der Waals surface area (Å²) < 4.78 is 32.5. The summed E-state index contributed by atoms with van der Waals surface area (Å²) in [5.74, 6) is -1.57. The van der Waals surface area contributed by atoms with E-state index in [1.165, 1.54) is 115 Å². The second-order valence-electron chi connectivity index (χ2n) is 14.4. The van der Waals surface area contributed by atoms with E-state index in [1.807, 2.05) is 0 Å². The Balaban J connectivity index is 4.09. The molecule has 0 heterocycles. The van der Waals surface area contributed by atoms with Crippen LogP contribution in [-0.2, 0) is 14.9 Å². The van der Waals surface area contributed by atoms with Crippen LogP contribution in [0.15, 0.2) is 48.6 Å². The number of rotatable bonds is 37. The van der Waals surface area contributed by atoms with E-state index < -0.39 is 40.0 Å². The fraction of sp³-hybridized carbons (Fsp3) is 0.791. The quantitative estimate of drug-likeness (QED) is 0.0286. The van der Waals surface area contributed by atoms with E-state index in [1.54, 1.807) is 6.08 Å². The van der Waals surface area contributed by atoms with Gasteiger partial charge in [0.05, 0.1) is 17.9 Å². The minimum absolute atomic E-state index is 0.263. The molecule has 0 saturated heterocycles. The first-order valence-electron chi connectivity index (χ1n) is 20.9. The standard InChI is InChI=1S/C43H79NO6S/c1-3-5-7-9-11-13-15-17-19-20-21-22-24-26-28-30-32-34-36-38-42(46)43(47)44-40(39-51(48,49)50)41(45)37-35-33-31-29-27-25-23-18-16-14-12-10-8-6-4-2/h16,18,21-22,27,29,35,37,40-42,45-46H,3-15,17,19-20,23-26,28,30-34,36,38-39H2,1-2H3,(H,44,47)(H,48,49,50)/b18-16+,22-21-,29-27+,37-35+. The van der Waals surface area contributed by atoms with Crippen LogP contribution < -0.4 is 5.32 Å². The Morgan fingerprint density at radius 3 is 1.29 bits per heavy atom. The van der Waals surface area contributed by atoms with Gasteiger partial charge in [0.15, 0.2) is 0 Å². The van der Waals surface area contributed by atoms with Crippen LogP contribution in [0.3, 0.4) is 0 Å². The van der Waals surface area contributed by atoms with E-state index in [-0.39, 0.29) is 6.42 Å². The molecule has 51 heavy (non-hydrogen) atoms. The van der Waals surface area contributed by atoms with Crippen LogP contribution in [0.2, 0.25) is 0 Å². The first-order chi connectivity index (χ1) is 24.7. The molecule has 0 aliphatic rings. The summed E-state index contributed by atoms with van der Waals surface area (Å²) in [6, 6.07) is -1.26. The monoisotopic (exact) mass is 738 g/mol. The molecular formula is C43H79NO6S. The number of aliphatic hydroxyl groups excluding tert-OH is 2. The van der Waals surface area contributed by atoms with Crippen molar-refractivity contribution in [2.24, 2.45) is 0 Å². The van der Waals surface area contributed by atoms with E-state index in [9.17, 15) is 28.0 Å². The van der Waals surface area contributed by atoms with Gasteiger partial charge in [-0.3, -0.25) is 9.35 Å². The average molecular weight is 738 g/mol. The Morgan fingerprint density at radius 2 is 0.882 bits per heavy atom. The summed E-state index contributed by atoms with van der Waals surface area (Å²) in [5.41, 5.74) is 0. The molecule has 0 aromatic heterocycles. The number of aliphatic hydroxyl groups is 2. The Kier molecular flexibility index (Phi) is 35.4. The van der Waals surface area contributed by atoms with Gasteiger partial charge < -0.3 is 15.5 Å². The van der Waals surface area contributed by atoms with Crippen molar-refractivity contribution in [2.45, 2.75) is 212 Å². The molecule has 298 valence electrons. The van der Waals surface area contributed by atoms with Gasteiger partial charge in [0, 0.05) is 0 Å². The lowest BCUT2D eigenvalue weighted by Crippen LogP contribution is -2.50. The summed E-state index contributed by atoms with van der Waals surface area (Å²) >= 11 is 0. The maximum absolute atomic E-state index is 12.6. The fourth-order valence-corrected chi connectivity index (χ4v) is 6.80. The topological polar surface area (TPSA) is 124 Å². The molecule has 7 nitrogen and oxygen atoms in total. The highest BCUT2D eigenvalue weighted by molar-refractivity contribution is 7.85. The summed E-state index contributed by atoms with van der Waals surface area (Å²) in [6.45, 7) is 4.49. The number of amides is 1. The molecule has 0 radical (unpaired) electrons. The maximum Gasteiger partial charge on any atom is 0.267 e. The molecule has 0 aliphatic heterocycles. The highest BCUT2D eigenvalue weighted by atomic mass is 32.2. The van der Waals surface area contributed by atoms with Crippen LogP contribution in [0, 0.1) is 0 Å². The van der Waals surface area contributed by atoms with Crippen molar-refractivity contribution >= 4 is 16.0 Å². The third kappa shape index (κ3) is 36.4. The fourth-order valence-electron chi connectivity index (χ4n) is 6.07. The van der Waals surface area contributed by atoms with Crippen LogP contribution in [0.4, 0.5) is 0 Å². The van der Waals surface area contributed by atoms with Crippen molar-refractivity contribution in [1.29, 1.82) is 0 Å². The Morgan fingerprint density at radius 1 is 0.529 bits per heavy atom. The van der Waals surface area contributed by atoms with Crippen molar-refractivity contribution in [2.75, 3.05) is 5.75 Å². The molecule has 0 rings (SSSR count). The molecule has 0 saturated carbocycles. The normalized spacial score (nSPS) is 14.4. The lowest BCUT2D eigenvalue weighted by molar-refractivity contribution is -0.130. The molecule has 8 heteroatoms. The molecular weight excluding hydrogens is 659 g/mol. The number of allylic oxidation sites excluding steroid dienone is 7. The van der Waals surface area contributed by atoms with Crippen LogP contribution in [0.1, 0.15) is 194 Å². The SMILES string of the molecule is CCCCCCC/C=C/CC/C=C/CC/C=C/C(O)C(CS(=O)(=O)O)NC(=O)C(O)CCCCCCCC/C=C\CCCCCCCCCCC. The van der Waals surface area contributed by atoms with Crippen LogP contribution in [-0.4, -0.2) is 53.1 Å². The first kappa shape index (κ1) is 49.3. The van der Waals surface area contributed by atoms with Crippen molar-refractivity contribution in [3.8, 4) is 0 Å². The smallest absolute Gasteiger partial charge is 0.267 e. The number of hydrogen-bond donors (Lipinski definition) is 4. The van der Waals surface area contributed by atoms with Gasteiger partial charge in [0.1, 0.15) is 6.10 Å². The van der Waals surface area contributed by atoms with E-state index in [4.69, 9.17) is 0 Å². The largest absolute Gasteiger partial charge is 0.387 e. The lowest BCUT2D eigenvalue weighted by atomic mass is 10.0. The summed E-state index contributed by atoms with van der Waals surface area (Å²) in [5, 5.41) is 23.4. The van der Waals surface area contributed by atoms with Crippen molar-refractivity contribution < 1.29 is 28.0 Å². The van der Waals surface area contributed by atoms with E-state index in [2.05, 4.69) is 55.6 Å². The highest BCUT2D eigenvalue weighted by Crippen LogP contribution is 2.13. The van der Waals surface area contributed by atoms with Gasteiger partial charge in [-0.15, -0.1) is 0 Å².